The molecule has 0 spiro atoms. The van der Waals surface area contributed by atoms with Crippen LogP contribution in [0.4, 0.5) is 5.69 Å². The molecule has 0 unspecified atom stereocenters. The number of carbonyl (C=O) groups is 1. The number of hydrogen-bond donors (Lipinski definition) is 2. The molecule has 2 heterocycles. The maximum absolute atomic E-state index is 13.1. The molecule has 1 fully saturated rings. The number of anilines is 1. The minimum atomic E-state index is -3.57. The number of nitrogens with one attached hydrogen (secondary N) is 2. The van der Waals surface area contributed by atoms with Gasteiger partial charge in [-0.1, -0.05) is 30.7 Å². The van der Waals surface area contributed by atoms with Crippen LogP contribution in [0.2, 0.25) is 0 Å². The molecule has 1 aliphatic heterocycles. The van der Waals surface area contributed by atoms with Crippen molar-refractivity contribution in [1.82, 2.24) is 9.29 Å². The van der Waals surface area contributed by atoms with E-state index < -0.39 is 10.0 Å². The van der Waals surface area contributed by atoms with Crippen molar-refractivity contribution in [2.75, 3.05) is 18.4 Å². The van der Waals surface area contributed by atoms with Gasteiger partial charge in [0.25, 0.3) is 5.91 Å². The number of aromatic nitrogens is 1. The Labute approximate surface area is 171 Å². The number of para-hydroxylation sites is 1. The number of nitrogens with zero attached hydrogens (tertiary/aromatic N) is 1. The number of rotatable bonds is 4. The zero-order valence-electron chi connectivity index (χ0n) is 16.7. The van der Waals surface area contributed by atoms with Crippen LogP contribution in [0.25, 0.3) is 10.9 Å². The van der Waals surface area contributed by atoms with Crippen LogP contribution in [0.3, 0.4) is 0 Å². The van der Waals surface area contributed by atoms with Crippen molar-refractivity contribution in [2.45, 2.75) is 38.0 Å². The largest absolute Gasteiger partial charge is 0.358 e. The molecule has 0 aliphatic carbocycles. The number of sulfonamides is 1. The van der Waals surface area contributed by atoms with Crippen molar-refractivity contribution in [2.24, 2.45) is 0 Å². The molecule has 1 aliphatic rings. The van der Waals surface area contributed by atoms with E-state index >= 15 is 0 Å². The summed E-state index contributed by atoms with van der Waals surface area (Å²) in [6.45, 7) is 4.74. The van der Waals surface area contributed by atoms with Crippen molar-refractivity contribution in [3.63, 3.8) is 0 Å². The van der Waals surface area contributed by atoms with Crippen LogP contribution in [0.1, 0.15) is 40.9 Å². The van der Waals surface area contributed by atoms with E-state index in [0.717, 1.165) is 35.9 Å². The molecule has 6 nitrogen and oxygen atoms in total. The quantitative estimate of drug-likeness (QED) is 0.675. The monoisotopic (exact) mass is 411 g/mol. The Balaban J connectivity index is 1.65. The number of aromatic amines is 1. The van der Waals surface area contributed by atoms with Gasteiger partial charge in [0.15, 0.2) is 0 Å². The van der Waals surface area contributed by atoms with E-state index in [0.29, 0.717) is 29.9 Å². The van der Waals surface area contributed by atoms with Crippen molar-refractivity contribution in [3.8, 4) is 0 Å². The van der Waals surface area contributed by atoms with Crippen molar-refractivity contribution in [3.05, 3.63) is 59.3 Å². The molecule has 0 bridgehead atoms. The zero-order valence-corrected chi connectivity index (χ0v) is 17.5. The van der Waals surface area contributed by atoms with Crippen LogP contribution < -0.4 is 5.32 Å². The lowest BCUT2D eigenvalue weighted by atomic mass is 10.1. The van der Waals surface area contributed by atoms with Crippen LogP contribution in [0, 0.1) is 13.8 Å². The Kier molecular flexibility index (Phi) is 5.19. The zero-order chi connectivity index (χ0) is 20.6. The molecular formula is C22H25N3O3S. The minimum absolute atomic E-state index is 0.257. The summed E-state index contributed by atoms with van der Waals surface area (Å²) in [6.07, 6.45) is 2.83. The van der Waals surface area contributed by atoms with E-state index in [1.54, 1.807) is 29.4 Å². The normalized spacial score (nSPS) is 15.5. The van der Waals surface area contributed by atoms with Gasteiger partial charge in [-0.2, -0.15) is 4.31 Å². The van der Waals surface area contributed by atoms with Crippen LogP contribution in [-0.2, 0) is 10.0 Å². The second-order valence-corrected chi connectivity index (χ2v) is 9.48. The summed E-state index contributed by atoms with van der Waals surface area (Å²) in [5.41, 5.74) is 3.39. The maximum Gasteiger partial charge on any atom is 0.258 e. The Morgan fingerprint density at radius 3 is 2.52 bits per heavy atom. The Morgan fingerprint density at radius 1 is 1.03 bits per heavy atom. The van der Waals surface area contributed by atoms with E-state index in [-0.39, 0.29) is 10.8 Å². The van der Waals surface area contributed by atoms with Gasteiger partial charge in [0, 0.05) is 35.4 Å². The molecule has 152 valence electrons. The highest BCUT2D eigenvalue weighted by Gasteiger charge is 2.28. The topological polar surface area (TPSA) is 82.3 Å². The third-order valence-corrected chi connectivity index (χ3v) is 7.54. The Bertz CT molecular complexity index is 1180. The predicted molar refractivity (Wildman–Crippen MR) is 115 cm³/mol. The van der Waals surface area contributed by atoms with Gasteiger partial charge in [-0.25, -0.2) is 8.42 Å². The molecule has 4 rings (SSSR count). The van der Waals surface area contributed by atoms with Crippen LogP contribution in [-0.4, -0.2) is 36.7 Å². The van der Waals surface area contributed by atoms with E-state index in [1.165, 1.54) is 0 Å². The fourth-order valence-corrected chi connectivity index (χ4v) is 5.73. The summed E-state index contributed by atoms with van der Waals surface area (Å²) in [4.78, 5) is 16.4. The number of amides is 1. The van der Waals surface area contributed by atoms with Crippen molar-refractivity contribution in [1.29, 1.82) is 0 Å². The molecule has 0 atom stereocenters. The summed E-state index contributed by atoms with van der Waals surface area (Å²) in [5.74, 6) is -0.259. The van der Waals surface area contributed by atoms with E-state index in [9.17, 15) is 13.2 Å². The highest BCUT2D eigenvalue weighted by molar-refractivity contribution is 7.89. The molecule has 2 aromatic carbocycles. The molecule has 7 heteroatoms. The van der Waals surface area contributed by atoms with Gasteiger partial charge in [-0.3, -0.25) is 4.79 Å². The average molecular weight is 412 g/mol. The predicted octanol–water partition coefficient (Wildman–Crippen LogP) is 4.21. The van der Waals surface area contributed by atoms with Gasteiger partial charge in [0.1, 0.15) is 0 Å². The summed E-state index contributed by atoms with van der Waals surface area (Å²) < 4.78 is 27.8. The van der Waals surface area contributed by atoms with Crippen LogP contribution in [0.15, 0.2) is 47.4 Å². The van der Waals surface area contributed by atoms with Crippen molar-refractivity contribution < 1.29 is 13.2 Å². The van der Waals surface area contributed by atoms with Gasteiger partial charge < -0.3 is 10.3 Å². The van der Waals surface area contributed by atoms with Gasteiger partial charge >= 0.3 is 0 Å². The fraction of sp³-hybridized carbons (Fsp3) is 0.318. The third kappa shape index (κ3) is 3.68. The highest BCUT2D eigenvalue weighted by atomic mass is 32.2. The molecule has 1 aromatic heterocycles. The number of benzene rings is 2. The molecule has 3 aromatic rings. The van der Waals surface area contributed by atoms with Crippen LogP contribution >= 0.6 is 0 Å². The second kappa shape index (κ2) is 7.65. The van der Waals surface area contributed by atoms with E-state index in [1.807, 2.05) is 31.2 Å². The molecule has 29 heavy (non-hydrogen) atoms. The van der Waals surface area contributed by atoms with E-state index in [4.69, 9.17) is 0 Å². The molecule has 1 saturated heterocycles. The Hall–Kier alpha value is -2.64. The lowest BCUT2D eigenvalue weighted by Gasteiger charge is -2.26. The van der Waals surface area contributed by atoms with E-state index in [2.05, 4.69) is 10.3 Å². The van der Waals surface area contributed by atoms with Gasteiger partial charge in [-0.05, 0) is 50.5 Å². The standard InChI is InChI=1S/C22H25N3O3S/c1-15-10-11-17(14-20(15)29(27,28)25-12-6-3-7-13-25)24-22(26)21-16(2)23-19-9-5-4-8-18(19)21/h4-5,8-11,14,23H,3,6-7,12-13H2,1-2H3,(H,24,26). The first-order valence-corrected chi connectivity index (χ1v) is 11.3. The number of fused-ring (bicyclic) bond motifs is 1. The molecule has 0 radical (unpaired) electrons. The first kappa shape index (κ1) is 19.7. The van der Waals surface area contributed by atoms with Crippen LogP contribution in [0.5, 0.6) is 0 Å². The molecule has 2 N–H and O–H groups in total. The number of aryl methyl sites for hydroxylation is 2. The smallest absolute Gasteiger partial charge is 0.258 e. The van der Waals surface area contributed by atoms with Gasteiger partial charge in [-0.15, -0.1) is 0 Å². The fourth-order valence-electron chi connectivity index (χ4n) is 3.96. The SMILES string of the molecule is Cc1ccc(NC(=O)c2c(C)[nH]c3ccccc23)cc1S(=O)(=O)N1CCCCC1. The molecule has 0 saturated carbocycles. The lowest BCUT2D eigenvalue weighted by Crippen LogP contribution is -2.36. The summed E-state index contributed by atoms with van der Waals surface area (Å²) in [7, 11) is -3.57. The van der Waals surface area contributed by atoms with Gasteiger partial charge in [0.2, 0.25) is 10.0 Å². The number of H-pyrrole nitrogens is 1. The first-order chi connectivity index (χ1) is 13.9. The number of hydrogen-bond acceptors (Lipinski definition) is 3. The second-order valence-electron chi connectivity index (χ2n) is 7.57. The highest BCUT2D eigenvalue weighted by Crippen LogP contribution is 2.27. The molecule has 1 amide bonds. The molecular weight excluding hydrogens is 386 g/mol. The van der Waals surface area contributed by atoms with Crippen molar-refractivity contribution >= 4 is 32.5 Å². The van der Waals surface area contributed by atoms with Gasteiger partial charge in [0.05, 0.1) is 10.5 Å². The Morgan fingerprint density at radius 2 is 1.76 bits per heavy atom. The summed E-state index contributed by atoms with van der Waals surface area (Å²) in [5, 5.41) is 3.72. The summed E-state index contributed by atoms with van der Waals surface area (Å²) >= 11 is 0. The first-order valence-electron chi connectivity index (χ1n) is 9.87. The lowest BCUT2D eigenvalue weighted by molar-refractivity contribution is 0.102. The number of carbonyl (C=O) groups excluding carboxylic acids is 1. The maximum atomic E-state index is 13.1. The number of piperidine rings is 1. The third-order valence-electron chi connectivity index (χ3n) is 5.50. The summed E-state index contributed by atoms with van der Waals surface area (Å²) in [6, 6.07) is 12.7. The average Bonchev–Trinajstić information content (AvgIpc) is 3.05. The minimum Gasteiger partial charge on any atom is -0.358 e.